The lowest BCUT2D eigenvalue weighted by atomic mass is 9.83. The summed E-state index contributed by atoms with van der Waals surface area (Å²) in [6.07, 6.45) is 3.12. The maximum atomic E-state index is 12.4. The number of nitrogens with zero attached hydrogens (tertiary/aromatic N) is 1. The molecule has 1 atom stereocenters. The predicted molar refractivity (Wildman–Crippen MR) is 91.9 cm³/mol. The maximum Gasteiger partial charge on any atom is 0.339 e. The molecule has 0 unspecified atom stereocenters. The highest BCUT2D eigenvalue weighted by Crippen LogP contribution is 2.31. The molecule has 1 saturated carbocycles. The summed E-state index contributed by atoms with van der Waals surface area (Å²) < 4.78 is 16.1. The Labute approximate surface area is 152 Å². The zero-order chi connectivity index (χ0) is 18.6. The van der Waals surface area contributed by atoms with Gasteiger partial charge in [-0.1, -0.05) is 19.3 Å². The Morgan fingerprint density at radius 1 is 1.19 bits per heavy atom. The van der Waals surface area contributed by atoms with Crippen LogP contribution in [-0.2, 0) is 9.53 Å². The number of nitriles is 1. The van der Waals surface area contributed by atoms with Gasteiger partial charge in [0.25, 0.3) is 5.91 Å². The van der Waals surface area contributed by atoms with Gasteiger partial charge in [-0.3, -0.25) is 4.79 Å². The molecule has 0 bridgehead atoms. The molecule has 1 aromatic rings. The van der Waals surface area contributed by atoms with E-state index in [0.717, 1.165) is 19.3 Å². The first-order chi connectivity index (χ1) is 12.5. The van der Waals surface area contributed by atoms with E-state index in [-0.39, 0.29) is 5.56 Å². The van der Waals surface area contributed by atoms with Crippen LogP contribution in [-0.4, -0.2) is 36.7 Å². The number of esters is 1. The van der Waals surface area contributed by atoms with Crippen LogP contribution in [0.5, 0.6) is 11.5 Å². The van der Waals surface area contributed by atoms with E-state index in [9.17, 15) is 14.9 Å². The van der Waals surface area contributed by atoms with E-state index in [1.807, 2.05) is 0 Å². The minimum atomic E-state index is -0.997. The lowest BCUT2D eigenvalue weighted by molar-refractivity contribution is -0.130. The number of fused-ring (bicyclic) bond motifs is 1. The van der Waals surface area contributed by atoms with Gasteiger partial charge in [-0.05, 0) is 38.0 Å². The minimum absolute atomic E-state index is 0.279. The van der Waals surface area contributed by atoms with Gasteiger partial charge in [-0.2, -0.15) is 5.26 Å². The van der Waals surface area contributed by atoms with Crippen LogP contribution < -0.4 is 14.8 Å². The molecule has 1 amide bonds. The Kier molecular flexibility index (Phi) is 5.31. The molecule has 0 spiro atoms. The molecule has 26 heavy (non-hydrogen) atoms. The van der Waals surface area contributed by atoms with E-state index in [1.54, 1.807) is 18.2 Å². The number of ether oxygens (including phenoxy) is 3. The van der Waals surface area contributed by atoms with Gasteiger partial charge < -0.3 is 19.5 Å². The monoisotopic (exact) mass is 358 g/mol. The number of rotatable bonds is 4. The molecule has 1 N–H and O–H groups in total. The first kappa shape index (κ1) is 18.1. The summed E-state index contributed by atoms with van der Waals surface area (Å²) in [7, 11) is 0. The Balaban J connectivity index is 1.61. The SMILES string of the molecule is C[C@H](OC(=O)c1ccc2c(c1)OCCO2)C(=O)NC1(C#N)CCCCC1. The van der Waals surface area contributed by atoms with Crippen molar-refractivity contribution >= 4 is 11.9 Å². The number of nitrogens with one attached hydrogen (secondary N) is 1. The maximum absolute atomic E-state index is 12.4. The highest BCUT2D eigenvalue weighted by atomic mass is 16.6. The molecule has 3 rings (SSSR count). The zero-order valence-corrected chi connectivity index (χ0v) is 14.7. The molecule has 0 saturated heterocycles. The average Bonchev–Trinajstić information content (AvgIpc) is 2.68. The fourth-order valence-corrected chi connectivity index (χ4v) is 3.21. The Morgan fingerprint density at radius 2 is 1.88 bits per heavy atom. The van der Waals surface area contributed by atoms with E-state index in [2.05, 4.69) is 11.4 Å². The third-order valence-electron chi connectivity index (χ3n) is 4.71. The van der Waals surface area contributed by atoms with Gasteiger partial charge in [0.1, 0.15) is 18.8 Å². The zero-order valence-electron chi connectivity index (χ0n) is 14.7. The summed E-state index contributed by atoms with van der Waals surface area (Å²) in [4.78, 5) is 24.7. The molecule has 1 aliphatic carbocycles. The summed E-state index contributed by atoms with van der Waals surface area (Å²) in [5, 5.41) is 12.2. The van der Waals surface area contributed by atoms with Crippen molar-refractivity contribution in [2.24, 2.45) is 0 Å². The summed E-state index contributed by atoms with van der Waals surface area (Å²) in [6.45, 7) is 2.38. The smallest absolute Gasteiger partial charge is 0.339 e. The molecule has 1 aliphatic heterocycles. The van der Waals surface area contributed by atoms with Crippen molar-refractivity contribution < 1.29 is 23.8 Å². The third kappa shape index (κ3) is 3.90. The normalized spacial score (nSPS) is 18.9. The van der Waals surface area contributed by atoms with E-state index in [1.165, 1.54) is 6.92 Å². The molecular formula is C19H22N2O5. The fourth-order valence-electron chi connectivity index (χ4n) is 3.21. The van der Waals surface area contributed by atoms with Crippen LogP contribution in [0.1, 0.15) is 49.4 Å². The topological polar surface area (TPSA) is 97.7 Å². The largest absolute Gasteiger partial charge is 0.486 e. The van der Waals surface area contributed by atoms with Crippen molar-refractivity contribution in [1.82, 2.24) is 5.32 Å². The van der Waals surface area contributed by atoms with Crippen LogP contribution >= 0.6 is 0 Å². The number of hydrogen-bond donors (Lipinski definition) is 1. The number of hydrogen-bond acceptors (Lipinski definition) is 6. The van der Waals surface area contributed by atoms with Crippen molar-refractivity contribution in [1.29, 1.82) is 5.26 Å². The van der Waals surface area contributed by atoms with Crippen molar-refractivity contribution in [3.63, 3.8) is 0 Å². The third-order valence-corrected chi connectivity index (χ3v) is 4.71. The Hall–Kier alpha value is -2.75. The quantitative estimate of drug-likeness (QED) is 0.830. The van der Waals surface area contributed by atoms with Crippen molar-refractivity contribution in [2.45, 2.75) is 50.7 Å². The van der Waals surface area contributed by atoms with E-state index < -0.39 is 23.5 Å². The second-order valence-electron chi connectivity index (χ2n) is 6.65. The molecule has 7 heteroatoms. The highest BCUT2D eigenvalue weighted by Gasteiger charge is 2.35. The van der Waals surface area contributed by atoms with Gasteiger partial charge in [-0.15, -0.1) is 0 Å². The van der Waals surface area contributed by atoms with Crippen molar-refractivity contribution in [3.8, 4) is 17.6 Å². The van der Waals surface area contributed by atoms with Crippen LogP contribution in [0.4, 0.5) is 0 Å². The molecule has 138 valence electrons. The van der Waals surface area contributed by atoms with Gasteiger partial charge in [0.05, 0.1) is 11.6 Å². The van der Waals surface area contributed by atoms with Gasteiger partial charge in [0.15, 0.2) is 17.6 Å². The Bertz CT molecular complexity index is 734. The lowest BCUT2D eigenvalue weighted by Crippen LogP contribution is -2.52. The molecule has 1 fully saturated rings. The Morgan fingerprint density at radius 3 is 2.58 bits per heavy atom. The second-order valence-corrected chi connectivity index (χ2v) is 6.65. The van der Waals surface area contributed by atoms with Crippen LogP contribution in [0.2, 0.25) is 0 Å². The predicted octanol–water partition coefficient (Wildman–Crippen LogP) is 2.35. The summed E-state index contributed by atoms with van der Waals surface area (Å²) in [6, 6.07) is 6.97. The van der Waals surface area contributed by atoms with E-state index in [4.69, 9.17) is 14.2 Å². The van der Waals surface area contributed by atoms with E-state index >= 15 is 0 Å². The first-order valence-corrected chi connectivity index (χ1v) is 8.87. The van der Waals surface area contributed by atoms with Crippen LogP contribution in [0.15, 0.2) is 18.2 Å². The molecular weight excluding hydrogens is 336 g/mol. The lowest BCUT2D eigenvalue weighted by Gasteiger charge is -2.32. The van der Waals surface area contributed by atoms with Crippen molar-refractivity contribution in [3.05, 3.63) is 23.8 Å². The number of carbonyl (C=O) groups is 2. The number of amides is 1. The molecule has 1 heterocycles. The van der Waals surface area contributed by atoms with Gasteiger partial charge in [-0.25, -0.2) is 4.79 Å². The minimum Gasteiger partial charge on any atom is -0.486 e. The van der Waals surface area contributed by atoms with Crippen LogP contribution in [0.25, 0.3) is 0 Å². The highest BCUT2D eigenvalue weighted by molar-refractivity contribution is 5.93. The van der Waals surface area contributed by atoms with E-state index in [0.29, 0.717) is 37.6 Å². The van der Waals surface area contributed by atoms with Crippen LogP contribution in [0, 0.1) is 11.3 Å². The van der Waals surface area contributed by atoms with Gasteiger partial charge in [0.2, 0.25) is 0 Å². The van der Waals surface area contributed by atoms with Gasteiger partial charge in [0, 0.05) is 0 Å². The molecule has 0 radical (unpaired) electrons. The van der Waals surface area contributed by atoms with Crippen LogP contribution in [0.3, 0.4) is 0 Å². The molecule has 1 aromatic carbocycles. The molecule has 0 aromatic heterocycles. The number of carbonyl (C=O) groups excluding carboxylic acids is 2. The molecule has 7 nitrogen and oxygen atoms in total. The first-order valence-electron chi connectivity index (χ1n) is 8.87. The van der Waals surface area contributed by atoms with Gasteiger partial charge >= 0.3 is 5.97 Å². The van der Waals surface area contributed by atoms with Crippen molar-refractivity contribution in [2.75, 3.05) is 13.2 Å². The summed E-state index contributed by atoms with van der Waals surface area (Å²) in [5.74, 6) is -0.0288. The standard InChI is InChI=1S/C19H22N2O5/c1-13(17(22)21-19(12-20)7-3-2-4-8-19)26-18(23)14-5-6-15-16(11-14)25-10-9-24-15/h5-6,11,13H,2-4,7-10H2,1H3,(H,21,22)/t13-/m0/s1. The average molecular weight is 358 g/mol. The fraction of sp³-hybridized carbons (Fsp3) is 0.526. The number of benzene rings is 1. The molecule has 2 aliphatic rings. The summed E-state index contributed by atoms with van der Waals surface area (Å²) in [5.41, 5.74) is -0.575. The second kappa shape index (κ2) is 7.65. The summed E-state index contributed by atoms with van der Waals surface area (Å²) >= 11 is 0.